The minimum Gasteiger partial charge on any atom is -0.322 e. The van der Waals surface area contributed by atoms with Crippen molar-refractivity contribution in [3.05, 3.63) is 87.5 Å². The number of hydrogen-bond acceptors (Lipinski definition) is 4. The molecule has 7 heteroatoms. The molecule has 144 valence electrons. The molecule has 0 aliphatic carbocycles. The van der Waals surface area contributed by atoms with Crippen LogP contribution in [0.2, 0.25) is 0 Å². The van der Waals surface area contributed by atoms with Gasteiger partial charge in [-0.25, -0.2) is 9.67 Å². The average Bonchev–Trinajstić information content (AvgIpc) is 3.08. The fourth-order valence-electron chi connectivity index (χ4n) is 3.03. The van der Waals surface area contributed by atoms with Crippen molar-refractivity contribution in [3.8, 4) is 17.1 Å². The molecule has 1 aromatic carbocycles. The fraction of sp³-hybridized carbons (Fsp3) is 0.0909. The predicted molar refractivity (Wildman–Crippen MR) is 121 cm³/mol. The highest BCUT2D eigenvalue weighted by atomic mass is 127. The summed E-state index contributed by atoms with van der Waals surface area (Å²) < 4.78 is 2.82. The minimum absolute atomic E-state index is 0.217. The number of anilines is 1. The number of amides is 1. The third-order valence-electron chi connectivity index (χ3n) is 4.40. The predicted octanol–water partition coefficient (Wildman–Crippen LogP) is 4.80. The Morgan fingerprint density at radius 3 is 2.55 bits per heavy atom. The van der Waals surface area contributed by atoms with Gasteiger partial charge in [0.2, 0.25) is 0 Å². The number of carbonyl (C=O) groups excluding carboxylic acids is 1. The number of aromatic nitrogens is 4. The molecular weight excluding hydrogens is 477 g/mol. The lowest BCUT2D eigenvalue weighted by Gasteiger charge is -2.10. The van der Waals surface area contributed by atoms with Crippen LogP contribution in [0.25, 0.3) is 17.1 Å². The van der Waals surface area contributed by atoms with E-state index in [2.05, 4.69) is 43.0 Å². The topological polar surface area (TPSA) is 72.7 Å². The zero-order chi connectivity index (χ0) is 20.4. The van der Waals surface area contributed by atoms with Crippen molar-refractivity contribution in [2.24, 2.45) is 0 Å². The number of aryl methyl sites for hydroxylation is 2. The Morgan fingerprint density at radius 2 is 1.90 bits per heavy atom. The van der Waals surface area contributed by atoms with Gasteiger partial charge in [0.15, 0.2) is 5.82 Å². The Kier molecular flexibility index (Phi) is 5.39. The number of carbonyl (C=O) groups is 1. The summed E-state index contributed by atoms with van der Waals surface area (Å²) in [6, 6.07) is 17.1. The van der Waals surface area contributed by atoms with Crippen LogP contribution in [0.4, 0.5) is 5.69 Å². The van der Waals surface area contributed by atoms with E-state index in [1.807, 2.05) is 56.3 Å². The lowest BCUT2D eigenvalue weighted by Crippen LogP contribution is -2.13. The van der Waals surface area contributed by atoms with E-state index in [0.29, 0.717) is 17.1 Å². The van der Waals surface area contributed by atoms with Gasteiger partial charge >= 0.3 is 0 Å². The van der Waals surface area contributed by atoms with Gasteiger partial charge < -0.3 is 5.32 Å². The van der Waals surface area contributed by atoms with Gasteiger partial charge in [-0.05, 0) is 85.0 Å². The van der Waals surface area contributed by atoms with E-state index >= 15 is 0 Å². The number of hydrogen-bond donors (Lipinski definition) is 1. The first-order valence-electron chi connectivity index (χ1n) is 9.03. The van der Waals surface area contributed by atoms with Gasteiger partial charge in [-0.15, -0.1) is 0 Å². The van der Waals surface area contributed by atoms with E-state index in [-0.39, 0.29) is 5.91 Å². The van der Waals surface area contributed by atoms with Crippen molar-refractivity contribution in [1.82, 2.24) is 19.7 Å². The van der Waals surface area contributed by atoms with Crippen LogP contribution in [0, 0.1) is 17.4 Å². The highest BCUT2D eigenvalue weighted by Crippen LogP contribution is 2.27. The summed E-state index contributed by atoms with van der Waals surface area (Å²) in [5.74, 6) is 0.462. The van der Waals surface area contributed by atoms with Gasteiger partial charge in [0.25, 0.3) is 5.91 Å². The number of nitrogens with zero attached hydrogens (tertiary/aromatic N) is 4. The van der Waals surface area contributed by atoms with Gasteiger partial charge in [0, 0.05) is 32.9 Å². The lowest BCUT2D eigenvalue weighted by molar-refractivity contribution is 0.102. The summed E-state index contributed by atoms with van der Waals surface area (Å²) in [6.45, 7) is 3.91. The second-order valence-electron chi connectivity index (χ2n) is 6.61. The molecule has 0 saturated heterocycles. The Labute approximate surface area is 182 Å². The van der Waals surface area contributed by atoms with Crippen molar-refractivity contribution >= 4 is 34.2 Å². The van der Waals surface area contributed by atoms with Crippen LogP contribution < -0.4 is 5.32 Å². The first-order chi connectivity index (χ1) is 14.0. The zero-order valence-electron chi connectivity index (χ0n) is 15.9. The highest BCUT2D eigenvalue weighted by Gasteiger charge is 2.11. The first-order valence-corrected chi connectivity index (χ1v) is 10.1. The highest BCUT2D eigenvalue weighted by molar-refractivity contribution is 14.1. The number of halogens is 1. The molecule has 0 fully saturated rings. The van der Waals surface area contributed by atoms with Crippen molar-refractivity contribution < 1.29 is 4.79 Å². The van der Waals surface area contributed by atoms with E-state index in [4.69, 9.17) is 0 Å². The maximum atomic E-state index is 12.7. The molecule has 4 aromatic rings. The fourth-order valence-corrected chi connectivity index (χ4v) is 3.64. The van der Waals surface area contributed by atoms with Crippen molar-refractivity contribution in [3.63, 3.8) is 0 Å². The standard InChI is InChI=1S/C22H18IN5O/c1-14-11-15(2)28(27-14)21-9-6-16(13-25-21)22(29)26-17-7-8-19(23)18(12-17)20-5-3-4-10-24-20/h3-13H,1-2H3,(H,26,29). The summed E-state index contributed by atoms with van der Waals surface area (Å²) in [5.41, 5.74) is 4.94. The SMILES string of the molecule is Cc1cc(C)n(-c2ccc(C(=O)Nc3ccc(I)c(-c4ccccn4)c3)cn2)n1. The Bertz CT molecular complexity index is 1170. The molecule has 0 aliphatic rings. The smallest absolute Gasteiger partial charge is 0.257 e. The monoisotopic (exact) mass is 495 g/mol. The molecule has 3 heterocycles. The van der Waals surface area contributed by atoms with Crippen LogP contribution in [0.3, 0.4) is 0 Å². The van der Waals surface area contributed by atoms with E-state index < -0.39 is 0 Å². The molecule has 0 unspecified atom stereocenters. The van der Waals surface area contributed by atoms with E-state index in [1.54, 1.807) is 29.2 Å². The summed E-state index contributed by atoms with van der Waals surface area (Å²) in [5, 5.41) is 7.35. The maximum Gasteiger partial charge on any atom is 0.257 e. The third-order valence-corrected chi connectivity index (χ3v) is 5.34. The molecular formula is C22H18IN5O. The molecule has 1 amide bonds. The van der Waals surface area contributed by atoms with Crippen molar-refractivity contribution in [2.75, 3.05) is 5.32 Å². The Morgan fingerprint density at radius 1 is 1.03 bits per heavy atom. The van der Waals surface area contributed by atoms with Crippen LogP contribution in [-0.4, -0.2) is 25.7 Å². The van der Waals surface area contributed by atoms with Crippen LogP contribution in [0.1, 0.15) is 21.7 Å². The molecule has 3 aromatic heterocycles. The Hall–Kier alpha value is -3.07. The van der Waals surface area contributed by atoms with Crippen molar-refractivity contribution in [2.45, 2.75) is 13.8 Å². The maximum absolute atomic E-state index is 12.7. The summed E-state index contributed by atoms with van der Waals surface area (Å²) in [4.78, 5) is 21.5. The van der Waals surface area contributed by atoms with Gasteiger partial charge in [-0.1, -0.05) is 6.07 Å². The van der Waals surface area contributed by atoms with Gasteiger partial charge in [-0.2, -0.15) is 5.10 Å². The van der Waals surface area contributed by atoms with E-state index in [9.17, 15) is 4.79 Å². The van der Waals surface area contributed by atoms with Crippen LogP contribution in [0.15, 0.2) is 67.0 Å². The molecule has 6 nitrogen and oxygen atoms in total. The molecule has 0 saturated carbocycles. The van der Waals surface area contributed by atoms with Gasteiger partial charge in [-0.3, -0.25) is 9.78 Å². The first kappa shape index (κ1) is 19.3. The molecule has 29 heavy (non-hydrogen) atoms. The van der Waals surface area contributed by atoms with Gasteiger partial charge in [0.05, 0.1) is 17.0 Å². The third kappa shape index (κ3) is 4.19. The molecule has 0 bridgehead atoms. The quantitative estimate of drug-likeness (QED) is 0.413. The number of pyridine rings is 2. The van der Waals surface area contributed by atoms with E-state index in [0.717, 1.165) is 26.2 Å². The largest absolute Gasteiger partial charge is 0.322 e. The lowest BCUT2D eigenvalue weighted by atomic mass is 10.1. The zero-order valence-corrected chi connectivity index (χ0v) is 18.1. The molecule has 0 radical (unpaired) electrons. The van der Waals surface area contributed by atoms with Crippen LogP contribution in [-0.2, 0) is 0 Å². The summed E-state index contributed by atoms with van der Waals surface area (Å²) >= 11 is 2.27. The van der Waals surface area contributed by atoms with Crippen LogP contribution >= 0.6 is 22.6 Å². The number of nitrogens with one attached hydrogen (secondary N) is 1. The number of rotatable bonds is 4. The minimum atomic E-state index is -0.217. The second kappa shape index (κ2) is 8.12. The molecule has 1 N–H and O–H groups in total. The molecule has 4 rings (SSSR count). The molecule has 0 atom stereocenters. The summed E-state index contributed by atoms with van der Waals surface area (Å²) in [7, 11) is 0. The summed E-state index contributed by atoms with van der Waals surface area (Å²) in [6.07, 6.45) is 3.32. The molecule has 0 spiro atoms. The number of benzene rings is 1. The second-order valence-corrected chi connectivity index (χ2v) is 7.77. The van der Waals surface area contributed by atoms with Gasteiger partial charge in [0.1, 0.15) is 0 Å². The van der Waals surface area contributed by atoms with Crippen LogP contribution in [0.5, 0.6) is 0 Å². The Balaban J connectivity index is 1.55. The van der Waals surface area contributed by atoms with E-state index in [1.165, 1.54) is 0 Å². The molecule has 0 aliphatic heterocycles. The average molecular weight is 495 g/mol. The van der Waals surface area contributed by atoms with Crippen molar-refractivity contribution in [1.29, 1.82) is 0 Å². The normalized spacial score (nSPS) is 10.7.